The summed E-state index contributed by atoms with van der Waals surface area (Å²) in [7, 11) is 0. The van der Waals surface area contributed by atoms with Gasteiger partial charge >= 0.3 is 6.01 Å². The Morgan fingerprint density at radius 2 is 1.96 bits per heavy atom. The molecule has 0 aliphatic heterocycles. The highest BCUT2D eigenvalue weighted by atomic mass is 16.5. The van der Waals surface area contributed by atoms with Gasteiger partial charge in [0, 0.05) is 23.5 Å². The number of carbonyl (C=O) groups is 1. The van der Waals surface area contributed by atoms with E-state index in [1.807, 2.05) is 33.8 Å². The molecule has 0 radical (unpaired) electrons. The SMILES string of the molecule is CCC(C(N)=O)c1cnc(Oc2ccc(C#N)cc2C(C)(C)C)nc1. The van der Waals surface area contributed by atoms with E-state index in [4.69, 9.17) is 15.7 Å². The third-order valence-corrected chi connectivity index (χ3v) is 3.92. The van der Waals surface area contributed by atoms with Crippen LogP contribution in [-0.2, 0) is 10.2 Å². The van der Waals surface area contributed by atoms with E-state index in [9.17, 15) is 4.79 Å². The summed E-state index contributed by atoms with van der Waals surface area (Å²) in [4.78, 5) is 19.8. The van der Waals surface area contributed by atoms with Crippen molar-refractivity contribution in [2.45, 2.75) is 45.4 Å². The Bertz CT molecular complexity index is 802. The predicted octanol–water partition coefficient (Wildman–Crippen LogP) is 3.42. The van der Waals surface area contributed by atoms with Gasteiger partial charge in [0.05, 0.1) is 17.6 Å². The van der Waals surface area contributed by atoms with Crippen LogP contribution in [0.4, 0.5) is 0 Å². The van der Waals surface area contributed by atoms with Gasteiger partial charge in [0.2, 0.25) is 5.91 Å². The molecule has 0 aliphatic carbocycles. The van der Waals surface area contributed by atoms with Crippen LogP contribution in [0.2, 0.25) is 0 Å². The summed E-state index contributed by atoms with van der Waals surface area (Å²) in [6.07, 6.45) is 3.70. The molecule has 2 rings (SSSR count). The van der Waals surface area contributed by atoms with Crippen molar-refractivity contribution >= 4 is 5.91 Å². The maximum absolute atomic E-state index is 11.4. The third-order valence-electron chi connectivity index (χ3n) is 3.92. The van der Waals surface area contributed by atoms with Crippen molar-refractivity contribution in [1.82, 2.24) is 9.97 Å². The first-order valence-electron chi connectivity index (χ1n) is 8.10. The first-order valence-corrected chi connectivity index (χ1v) is 8.10. The average molecular weight is 338 g/mol. The molecule has 2 aromatic rings. The van der Waals surface area contributed by atoms with E-state index >= 15 is 0 Å². The Morgan fingerprint density at radius 3 is 2.44 bits per heavy atom. The molecular weight excluding hydrogens is 316 g/mol. The number of nitrogens with zero attached hydrogens (tertiary/aromatic N) is 3. The lowest BCUT2D eigenvalue weighted by Gasteiger charge is -2.22. The minimum Gasteiger partial charge on any atom is -0.424 e. The van der Waals surface area contributed by atoms with Crippen molar-refractivity contribution < 1.29 is 9.53 Å². The van der Waals surface area contributed by atoms with Crippen LogP contribution in [0.15, 0.2) is 30.6 Å². The molecule has 0 fully saturated rings. The molecule has 25 heavy (non-hydrogen) atoms. The molecule has 0 bridgehead atoms. The summed E-state index contributed by atoms with van der Waals surface area (Å²) < 4.78 is 5.82. The van der Waals surface area contributed by atoms with Gasteiger partial charge in [-0.1, -0.05) is 27.7 Å². The maximum atomic E-state index is 11.4. The zero-order chi connectivity index (χ0) is 18.6. The molecule has 6 nitrogen and oxygen atoms in total. The van der Waals surface area contributed by atoms with Gasteiger partial charge in [-0.3, -0.25) is 4.79 Å². The van der Waals surface area contributed by atoms with Gasteiger partial charge in [-0.25, -0.2) is 9.97 Å². The molecule has 0 saturated carbocycles. The fraction of sp³-hybridized carbons (Fsp3) is 0.368. The van der Waals surface area contributed by atoms with Crippen molar-refractivity contribution in [2.24, 2.45) is 5.73 Å². The van der Waals surface area contributed by atoms with Gasteiger partial charge in [-0.05, 0) is 30.0 Å². The Hall–Kier alpha value is -2.94. The first-order chi connectivity index (χ1) is 11.8. The molecule has 1 atom stereocenters. The summed E-state index contributed by atoms with van der Waals surface area (Å²) in [5.41, 5.74) is 7.30. The highest BCUT2D eigenvalue weighted by molar-refractivity contribution is 5.81. The van der Waals surface area contributed by atoms with Gasteiger partial charge in [0.1, 0.15) is 5.75 Å². The molecule has 1 heterocycles. The minimum absolute atomic E-state index is 0.179. The van der Waals surface area contributed by atoms with Crippen molar-refractivity contribution in [1.29, 1.82) is 5.26 Å². The quantitative estimate of drug-likeness (QED) is 0.900. The van der Waals surface area contributed by atoms with E-state index in [0.29, 0.717) is 23.3 Å². The lowest BCUT2D eigenvalue weighted by Crippen LogP contribution is -2.21. The van der Waals surface area contributed by atoms with Crippen LogP contribution < -0.4 is 10.5 Å². The minimum atomic E-state index is -0.408. The molecule has 0 aliphatic rings. The van der Waals surface area contributed by atoms with Crippen LogP contribution in [-0.4, -0.2) is 15.9 Å². The van der Waals surface area contributed by atoms with E-state index < -0.39 is 11.8 Å². The van der Waals surface area contributed by atoms with Crippen molar-refractivity contribution in [2.75, 3.05) is 0 Å². The number of ether oxygens (including phenoxy) is 1. The van der Waals surface area contributed by atoms with Gasteiger partial charge in [0.25, 0.3) is 0 Å². The molecule has 2 N–H and O–H groups in total. The van der Waals surface area contributed by atoms with Crippen molar-refractivity contribution in [3.05, 3.63) is 47.3 Å². The summed E-state index contributed by atoms with van der Waals surface area (Å²) in [5.74, 6) is -0.211. The normalized spacial score (nSPS) is 12.3. The van der Waals surface area contributed by atoms with E-state index in [2.05, 4.69) is 16.0 Å². The number of nitriles is 1. The van der Waals surface area contributed by atoms with Crippen LogP contribution in [0.1, 0.15) is 56.7 Å². The Kier molecular flexibility index (Phi) is 5.38. The topological polar surface area (TPSA) is 102 Å². The van der Waals surface area contributed by atoms with Crippen LogP contribution in [0.5, 0.6) is 11.8 Å². The van der Waals surface area contributed by atoms with Gasteiger partial charge < -0.3 is 10.5 Å². The summed E-state index contributed by atoms with van der Waals surface area (Å²) in [6, 6.07) is 7.56. The second-order valence-corrected chi connectivity index (χ2v) is 6.84. The van der Waals surface area contributed by atoms with E-state index in [1.165, 1.54) is 0 Å². The number of carbonyl (C=O) groups excluding carboxylic acids is 1. The Morgan fingerprint density at radius 1 is 1.32 bits per heavy atom. The average Bonchev–Trinajstić information content (AvgIpc) is 2.56. The largest absolute Gasteiger partial charge is 0.424 e. The van der Waals surface area contributed by atoms with Gasteiger partial charge in [-0.15, -0.1) is 0 Å². The van der Waals surface area contributed by atoms with E-state index in [1.54, 1.807) is 24.5 Å². The molecule has 1 amide bonds. The molecule has 0 spiro atoms. The zero-order valence-electron chi connectivity index (χ0n) is 14.9. The summed E-state index contributed by atoms with van der Waals surface area (Å²) >= 11 is 0. The predicted molar refractivity (Wildman–Crippen MR) is 94.2 cm³/mol. The third kappa shape index (κ3) is 4.32. The lowest BCUT2D eigenvalue weighted by molar-refractivity contribution is -0.119. The van der Waals surface area contributed by atoms with Crippen molar-refractivity contribution in [3.8, 4) is 17.8 Å². The molecule has 0 saturated heterocycles. The monoisotopic (exact) mass is 338 g/mol. The number of amides is 1. The fourth-order valence-electron chi connectivity index (χ4n) is 2.53. The molecule has 1 aromatic heterocycles. The zero-order valence-corrected chi connectivity index (χ0v) is 14.9. The fourth-order valence-corrected chi connectivity index (χ4v) is 2.53. The molecular formula is C19H22N4O2. The van der Waals surface area contributed by atoms with Crippen LogP contribution in [0.25, 0.3) is 0 Å². The Labute approximate surface area is 147 Å². The number of hydrogen-bond acceptors (Lipinski definition) is 5. The van der Waals surface area contributed by atoms with Crippen LogP contribution in [0.3, 0.4) is 0 Å². The molecule has 6 heteroatoms. The number of primary amides is 1. The number of hydrogen-bond donors (Lipinski definition) is 1. The second-order valence-electron chi connectivity index (χ2n) is 6.84. The highest BCUT2D eigenvalue weighted by Crippen LogP contribution is 2.34. The van der Waals surface area contributed by atoms with Gasteiger partial charge in [-0.2, -0.15) is 5.26 Å². The number of benzene rings is 1. The molecule has 130 valence electrons. The van der Waals surface area contributed by atoms with Crippen LogP contribution >= 0.6 is 0 Å². The first kappa shape index (κ1) is 18.4. The van der Waals surface area contributed by atoms with E-state index in [-0.39, 0.29) is 11.4 Å². The maximum Gasteiger partial charge on any atom is 0.321 e. The molecule has 1 aromatic carbocycles. The summed E-state index contributed by atoms with van der Waals surface area (Å²) in [5, 5.41) is 9.11. The number of rotatable bonds is 5. The summed E-state index contributed by atoms with van der Waals surface area (Å²) in [6.45, 7) is 8.00. The van der Waals surface area contributed by atoms with Crippen LogP contribution in [0, 0.1) is 11.3 Å². The van der Waals surface area contributed by atoms with Gasteiger partial charge in [0.15, 0.2) is 0 Å². The number of nitrogens with two attached hydrogens (primary N) is 1. The molecule has 1 unspecified atom stereocenters. The Balaban J connectivity index is 2.31. The van der Waals surface area contributed by atoms with E-state index in [0.717, 1.165) is 5.56 Å². The lowest BCUT2D eigenvalue weighted by atomic mass is 9.85. The second kappa shape index (κ2) is 7.31. The smallest absolute Gasteiger partial charge is 0.321 e. The highest BCUT2D eigenvalue weighted by Gasteiger charge is 2.21. The van der Waals surface area contributed by atoms with Crippen molar-refractivity contribution in [3.63, 3.8) is 0 Å². The standard InChI is InChI=1S/C19H22N4O2/c1-5-14(17(21)24)13-10-22-18(23-11-13)25-16-7-6-12(9-20)8-15(16)19(2,3)4/h6-8,10-11,14H,5H2,1-4H3,(H2,21,24). The number of aromatic nitrogens is 2.